The molecule has 0 unspecified atom stereocenters. The lowest BCUT2D eigenvalue weighted by Crippen LogP contribution is -2.47. The van der Waals surface area contributed by atoms with E-state index < -0.39 is 24.5 Å². The van der Waals surface area contributed by atoms with Gasteiger partial charge >= 0.3 is 5.97 Å². The lowest BCUT2D eigenvalue weighted by atomic mass is 10.1. The molecule has 1 aromatic carbocycles. The molecule has 0 radical (unpaired) electrons. The van der Waals surface area contributed by atoms with Crippen molar-refractivity contribution in [3.8, 4) is 18.1 Å². The summed E-state index contributed by atoms with van der Waals surface area (Å²) in [4.78, 5) is 23.7. The highest BCUT2D eigenvalue weighted by Crippen LogP contribution is 2.11. The maximum Gasteiger partial charge on any atom is 0.323 e. The Morgan fingerprint density at radius 3 is 2.45 bits per heavy atom. The molecule has 0 heterocycles. The Bertz CT molecular complexity index is 519. The molecule has 0 saturated heterocycles. The van der Waals surface area contributed by atoms with Gasteiger partial charge in [0.15, 0.2) is 0 Å². The molecule has 106 valence electrons. The smallest absolute Gasteiger partial charge is 0.323 e. The quantitative estimate of drug-likeness (QED) is 0.625. The Labute approximate surface area is 116 Å². The predicted molar refractivity (Wildman–Crippen MR) is 72.8 cm³/mol. The van der Waals surface area contributed by atoms with E-state index in [1.807, 2.05) is 0 Å². The highest BCUT2D eigenvalue weighted by molar-refractivity contribution is 5.85. The highest BCUT2D eigenvalue weighted by atomic mass is 16.4. The molecule has 1 amide bonds. The minimum absolute atomic E-state index is 0.103. The van der Waals surface area contributed by atoms with Gasteiger partial charge in [-0.1, -0.05) is 18.1 Å². The summed E-state index contributed by atoms with van der Waals surface area (Å²) < 4.78 is 0. The lowest BCUT2D eigenvalue weighted by molar-refractivity contribution is -0.144. The normalized spacial score (nSPS) is 11.4. The molecule has 0 aliphatic carbocycles. The predicted octanol–water partition coefficient (Wildman–Crippen LogP) is -0.192. The van der Waals surface area contributed by atoms with Gasteiger partial charge in [-0.3, -0.25) is 9.59 Å². The van der Waals surface area contributed by atoms with E-state index >= 15 is 0 Å². The fraction of sp³-hybridized carbons (Fsp3) is 0.286. The Morgan fingerprint density at radius 2 is 1.95 bits per heavy atom. The summed E-state index contributed by atoms with van der Waals surface area (Å²) in [5.74, 6) is 0.689. The number of hydrogen-bond acceptors (Lipinski definition) is 4. The van der Waals surface area contributed by atoms with E-state index in [1.54, 1.807) is 12.1 Å². The zero-order chi connectivity index (χ0) is 15.1. The number of hydrogen-bond donors (Lipinski definition) is 3. The van der Waals surface area contributed by atoms with Crippen LogP contribution in [0.25, 0.3) is 0 Å². The first-order valence-electron chi connectivity index (χ1n) is 5.91. The average molecular weight is 276 g/mol. The van der Waals surface area contributed by atoms with Crippen molar-refractivity contribution in [2.24, 2.45) is 5.73 Å². The van der Waals surface area contributed by atoms with Crippen molar-refractivity contribution in [3.63, 3.8) is 0 Å². The van der Waals surface area contributed by atoms with Crippen LogP contribution in [0.3, 0.4) is 0 Å². The molecule has 1 rings (SSSR count). The van der Waals surface area contributed by atoms with Gasteiger partial charge in [-0.25, -0.2) is 0 Å². The zero-order valence-electron chi connectivity index (χ0n) is 10.8. The lowest BCUT2D eigenvalue weighted by Gasteiger charge is -2.22. The van der Waals surface area contributed by atoms with E-state index in [0.717, 1.165) is 10.5 Å². The SMILES string of the molecule is C#CCN(CC(=O)O)C(=O)[C@H](N)Cc1ccc(O)cc1. The van der Waals surface area contributed by atoms with Gasteiger partial charge in [0, 0.05) is 0 Å². The molecule has 4 N–H and O–H groups in total. The van der Waals surface area contributed by atoms with E-state index in [-0.39, 0.29) is 18.7 Å². The number of benzene rings is 1. The monoisotopic (exact) mass is 276 g/mol. The van der Waals surface area contributed by atoms with Crippen LogP contribution in [0.15, 0.2) is 24.3 Å². The number of aliphatic carboxylic acids is 1. The molecular weight excluding hydrogens is 260 g/mol. The van der Waals surface area contributed by atoms with Gasteiger partial charge in [0.1, 0.15) is 12.3 Å². The molecule has 6 nitrogen and oxygen atoms in total. The molecule has 20 heavy (non-hydrogen) atoms. The van der Waals surface area contributed by atoms with Crippen LogP contribution in [-0.4, -0.2) is 46.1 Å². The van der Waals surface area contributed by atoms with Gasteiger partial charge in [0.2, 0.25) is 5.91 Å². The Morgan fingerprint density at radius 1 is 1.35 bits per heavy atom. The summed E-state index contributed by atoms with van der Waals surface area (Å²) in [6.07, 6.45) is 5.34. The second-order valence-corrected chi connectivity index (χ2v) is 4.27. The fourth-order valence-electron chi connectivity index (χ4n) is 1.69. The number of carboxylic acids is 1. The van der Waals surface area contributed by atoms with Gasteiger partial charge < -0.3 is 20.8 Å². The van der Waals surface area contributed by atoms with Crippen LogP contribution in [0.5, 0.6) is 5.75 Å². The minimum Gasteiger partial charge on any atom is -0.508 e. The van der Waals surface area contributed by atoms with Crippen molar-refractivity contribution in [1.82, 2.24) is 4.90 Å². The van der Waals surface area contributed by atoms with E-state index in [0.29, 0.717) is 0 Å². The van der Waals surface area contributed by atoms with Crippen LogP contribution < -0.4 is 5.73 Å². The highest BCUT2D eigenvalue weighted by Gasteiger charge is 2.22. The Hall–Kier alpha value is -2.52. The number of nitrogens with zero attached hydrogens (tertiary/aromatic N) is 1. The Balaban J connectivity index is 2.71. The molecule has 6 heteroatoms. The number of nitrogens with two attached hydrogens (primary N) is 1. The van der Waals surface area contributed by atoms with Crippen molar-refractivity contribution in [2.45, 2.75) is 12.5 Å². The van der Waals surface area contributed by atoms with Gasteiger partial charge in [-0.15, -0.1) is 6.42 Å². The summed E-state index contributed by atoms with van der Waals surface area (Å²) in [6.45, 7) is -0.583. The molecule has 0 saturated carbocycles. The van der Waals surface area contributed by atoms with Gasteiger partial charge in [-0.05, 0) is 24.1 Å². The first kappa shape index (κ1) is 15.5. The third-order valence-corrected chi connectivity index (χ3v) is 2.63. The third-order valence-electron chi connectivity index (χ3n) is 2.63. The summed E-state index contributed by atoms with van der Waals surface area (Å²) in [5.41, 5.74) is 6.54. The number of phenols is 1. The molecule has 0 fully saturated rings. The summed E-state index contributed by atoms with van der Waals surface area (Å²) in [7, 11) is 0. The van der Waals surface area contributed by atoms with Crippen LogP contribution in [0.2, 0.25) is 0 Å². The molecule has 0 aromatic heterocycles. The number of terminal acetylenes is 1. The standard InChI is InChI=1S/C14H16N2O4/c1-2-7-16(9-13(18)19)14(20)12(15)8-10-3-5-11(17)6-4-10/h1,3-6,12,17H,7-9,15H2,(H,18,19)/t12-/m1/s1. The van der Waals surface area contributed by atoms with Crippen LogP contribution >= 0.6 is 0 Å². The topological polar surface area (TPSA) is 104 Å². The van der Waals surface area contributed by atoms with Crippen molar-refractivity contribution < 1.29 is 19.8 Å². The van der Waals surface area contributed by atoms with E-state index in [2.05, 4.69) is 5.92 Å². The summed E-state index contributed by atoms with van der Waals surface area (Å²) >= 11 is 0. The van der Waals surface area contributed by atoms with Crippen LogP contribution in [0, 0.1) is 12.3 Å². The zero-order valence-corrected chi connectivity index (χ0v) is 10.8. The molecule has 0 aliphatic rings. The second kappa shape index (κ2) is 7.16. The van der Waals surface area contributed by atoms with Crippen LogP contribution in [-0.2, 0) is 16.0 Å². The maximum atomic E-state index is 12.0. The second-order valence-electron chi connectivity index (χ2n) is 4.27. The van der Waals surface area contributed by atoms with Crippen molar-refractivity contribution in [3.05, 3.63) is 29.8 Å². The fourth-order valence-corrected chi connectivity index (χ4v) is 1.69. The van der Waals surface area contributed by atoms with Gasteiger partial charge in [0.05, 0.1) is 12.6 Å². The number of carbonyl (C=O) groups excluding carboxylic acids is 1. The number of phenolic OH excluding ortho intramolecular Hbond substituents is 1. The largest absolute Gasteiger partial charge is 0.508 e. The number of carbonyl (C=O) groups is 2. The number of aromatic hydroxyl groups is 1. The number of carboxylic acid groups (broad SMARTS) is 1. The molecule has 1 aromatic rings. The Kier molecular flexibility index (Phi) is 5.56. The summed E-state index contributed by atoms with van der Waals surface area (Å²) in [6, 6.07) is 5.38. The third kappa shape index (κ3) is 4.63. The molecular formula is C14H16N2O4. The van der Waals surface area contributed by atoms with Crippen molar-refractivity contribution in [1.29, 1.82) is 0 Å². The van der Waals surface area contributed by atoms with Crippen molar-refractivity contribution in [2.75, 3.05) is 13.1 Å². The first-order chi connectivity index (χ1) is 9.43. The first-order valence-corrected chi connectivity index (χ1v) is 5.91. The molecule has 0 aliphatic heterocycles. The molecule has 0 spiro atoms. The summed E-state index contributed by atoms with van der Waals surface area (Å²) in [5, 5.41) is 17.9. The maximum absolute atomic E-state index is 12.0. The van der Waals surface area contributed by atoms with Gasteiger partial charge in [-0.2, -0.15) is 0 Å². The average Bonchev–Trinajstić information content (AvgIpc) is 2.39. The van der Waals surface area contributed by atoms with Crippen LogP contribution in [0.4, 0.5) is 0 Å². The van der Waals surface area contributed by atoms with E-state index in [4.69, 9.17) is 22.4 Å². The number of rotatable bonds is 6. The van der Waals surface area contributed by atoms with E-state index in [1.165, 1.54) is 12.1 Å². The van der Waals surface area contributed by atoms with Crippen molar-refractivity contribution >= 4 is 11.9 Å². The molecule has 1 atom stereocenters. The van der Waals surface area contributed by atoms with E-state index in [9.17, 15) is 9.59 Å². The number of amides is 1. The van der Waals surface area contributed by atoms with Crippen LogP contribution in [0.1, 0.15) is 5.56 Å². The van der Waals surface area contributed by atoms with Gasteiger partial charge in [0.25, 0.3) is 0 Å². The minimum atomic E-state index is -1.15. The molecule has 0 bridgehead atoms.